The molecule has 2 nitrogen and oxygen atoms in total. The Morgan fingerprint density at radius 3 is 2.12 bits per heavy atom. The lowest BCUT2D eigenvalue weighted by Crippen LogP contribution is -2.12. The number of halogens is 1. The van der Waals surface area contributed by atoms with E-state index in [1.165, 1.54) is 0 Å². The molecule has 2 atom stereocenters. The van der Waals surface area contributed by atoms with Crippen molar-refractivity contribution in [2.45, 2.75) is 12.0 Å². The van der Waals surface area contributed by atoms with Gasteiger partial charge in [0.15, 0.2) is 0 Å². The molecule has 0 fully saturated rings. The Labute approximate surface area is 155 Å². The highest BCUT2D eigenvalue weighted by Crippen LogP contribution is 2.40. The summed E-state index contributed by atoms with van der Waals surface area (Å²) in [5.74, 6) is -0.147. The normalized spacial score (nSPS) is 13.7. The van der Waals surface area contributed by atoms with Crippen LogP contribution in [0, 0.1) is 0 Å². The summed E-state index contributed by atoms with van der Waals surface area (Å²) in [5.41, 5.74) is 4.18. The minimum atomic E-state index is -0.624. The van der Waals surface area contributed by atoms with Crippen LogP contribution in [0.1, 0.15) is 28.7 Å². The summed E-state index contributed by atoms with van der Waals surface area (Å²) in [6.07, 6.45) is 1.39. The zero-order valence-electron chi connectivity index (χ0n) is 13.6. The third-order valence-corrected chi connectivity index (χ3v) is 5.12. The van der Waals surface area contributed by atoms with Gasteiger partial charge in [0.2, 0.25) is 0 Å². The summed E-state index contributed by atoms with van der Waals surface area (Å²) in [7, 11) is 0. The maximum Gasteiger partial charge on any atom is 0.0899 e. The number of aromatic nitrogens is 1. The maximum atomic E-state index is 11.2. The molecular formula is C22H18BrNO. The average Bonchev–Trinajstić information content (AvgIpc) is 3.06. The van der Waals surface area contributed by atoms with Gasteiger partial charge in [-0.05, 0) is 34.9 Å². The lowest BCUT2D eigenvalue weighted by molar-refractivity contribution is 0.159. The van der Waals surface area contributed by atoms with Crippen molar-refractivity contribution < 1.29 is 5.11 Å². The van der Waals surface area contributed by atoms with Crippen molar-refractivity contribution in [1.29, 1.82) is 0 Å². The Bertz CT molecular complexity index is 979. The van der Waals surface area contributed by atoms with Gasteiger partial charge in [0.1, 0.15) is 0 Å². The van der Waals surface area contributed by atoms with E-state index in [2.05, 4.69) is 45.2 Å². The van der Waals surface area contributed by atoms with Crippen molar-refractivity contribution in [2.75, 3.05) is 0 Å². The molecule has 25 heavy (non-hydrogen) atoms. The molecule has 2 N–H and O–H groups in total. The Morgan fingerprint density at radius 1 is 0.800 bits per heavy atom. The van der Waals surface area contributed by atoms with Gasteiger partial charge in [-0.3, -0.25) is 0 Å². The predicted molar refractivity (Wildman–Crippen MR) is 106 cm³/mol. The molecule has 0 saturated heterocycles. The fourth-order valence-electron chi connectivity index (χ4n) is 3.41. The van der Waals surface area contributed by atoms with Gasteiger partial charge in [-0.25, -0.2) is 0 Å². The molecule has 124 valence electrons. The van der Waals surface area contributed by atoms with E-state index in [1.54, 1.807) is 0 Å². The Kier molecular flexibility index (Phi) is 4.43. The van der Waals surface area contributed by atoms with Crippen molar-refractivity contribution in [3.63, 3.8) is 0 Å². The van der Waals surface area contributed by atoms with Crippen LogP contribution in [0.15, 0.2) is 89.5 Å². The second-order valence-electron chi connectivity index (χ2n) is 6.18. The van der Waals surface area contributed by atoms with Gasteiger partial charge in [0.25, 0.3) is 0 Å². The van der Waals surface area contributed by atoms with Crippen molar-refractivity contribution in [2.24, 2.45) is 0 Å². The first-order valence-electron chi connectivity index (χ1n) is 8.28. The SMILES string of the molecule is O[C@@H](c1ccccc1)[C@H](c1ccccc1)c1c[nH]c2ccc(Br)cc12. The lowest BCUT2D eigenvalue weighted by atomic mass is 9.83. The van der Waals surface area contributed by atoms with Crippen molar-refractivity contribution in [3.05, 3.63) is 106 Å². The topological polar surface area (TPSA) is 36.0 Å². The first kappa shape index (κ1) is 16.1. The monoisotopic (exact) mass is 391 g/mol. The van der Waals surface area contributed by atoms with E-state index in [0.29, 0.717) is 0 Å². The number of H-pyrrole nitrogens is 1. The molecule has 0 bridgehead atoms. The van der Waals surface area contributed by atoms with Gasteiger partial charge >= 0.3 is 0 Å². The van der Waals surface area contributed by atoms with E-state index < -0.39 is 6.10 Å². The number of fused-ring (bicyclic) bond motifs is 1. The minimum Gasteiger partial charge on any atom is -0.387 e. The Balaban J connectivity index is 1.90. The molecule has 0 radical (unpaired) electrons. The number of benzene rings is 3. The summed E-state index contributed by atoms with van der Waals surface area (Å²) in [4.78, 5) is 3.34. The number of aliphatic hydroxyl groups is 1. The van der Waals surface area contributed by atoms with Crippen LogP contribution in [0.25, 0.3) is 10.9 Å². The molecule has 0 aliphatic heterocycles. The van der Waals surface area contributed by atoms with Crippen molar-refractivity contribution in [3.8, 4) is 0 Å². The third kappa shape index (κ3) is 3.13. The molecule has 3 heteroatoms. The molecule has 0 spiro atoms. The largest absolute Gasteiger partial charge is 0.387 e. The fourth-order valence-corrected chi connectivity index (χ4v) is 3.77. The summed E-state index contributed by atoms with van der Waals surface area (Å²) in [6.45, 7) is 0. The zero-order chi connectivity index (χ0) is 17.2. The Morgan fingerprint density at radius 2 is 1.44 bits per heavy atom. The molecule has 0 unspecified atom stereocenters. The number of nitrogens with one attached hydrogen (secondary N) is 1. The summed E-state index contributed by atoms with van der Waals surface area (Å²) in [5, 5.41) is 12.3. The molecule has 4 aromatic rings. The lowest BCUT2D eigenvalue weighted by Gasteiger charge is -2.24. The number of hydrogen-bond donors (Lipinski definition) is 2. The van der Waals surface area contributed by atoms with Gasteiger partial charge in [-0.15, -0.1) is 0 Å². The van der Waals surface area contributed by atoms with E-state index in [-0.39, 0.29) is 5.92 Å². The summed E-state index contributed by atoms with van der Waals surface area (Å²) >= 11 is 3.56. The molecular weight excluding hydrogens is 374 g/mol. The highest BCUT2D eigenvalue weighted by molar-refractivity contribution is 9.10. The average molecular weight is 392 g/mol. The van der Waals surface area contributed by atoms with Crippen LogP contribution in [-0.4, -0.2) is 10.1 Å². The van der Waals surface area contributed by atoms with Crippen molar-refractivity contribution >= 4 is 26.8 Å². The first-order chi connectivity index (χ1) is 12.2. The molecule has 0 saturated carbocycles. The predicted octanol–water partition coefficient (Wildman–Crippen LogP) is 5.80. The van der Waals surface area contributed by atoms with Crippen LogP contribution in [0.3, 0.4) is 0 Å². The maximum absolute atomic E-state index is 11.2. The number of aromatic amines is 1. The Hall–Kier alpha value is -2.36. The van der Waals surface area contributed by atoms with Crippen LogP contribution in [0.2, 0.25) is 0 Å². The van der Waals surface area contributed by atoms with Crippen LogP contribution in [0.4, 0.5) is 0 Å². The molecule has 0 aliphatic rings. The standard InChI is InChI=1S/C22H18BrNO/c23-17-11-12-20-18(13-17)19(14-24-20)21(15-7-3-1-4-8-15)22(25)16-9-5-2-6-10-16/h1-14,21-22,24-25H/t21-,22+/m1/s1. The highest BCUT2D eigenvalue weighted by atomic mass is 79.9. The summed E-state index contributed by atoms with van der Waals surface area (Å²) < 4.78 is 1.03. The van der Waals surface area contributed by atoms with Gasteiger partial charge in [-0.1, -0.05) is 76.6 Å². The van der Waals surface area contributed by atoms with E-state index in [9.17, 15) is 5.11 Å². The summed E-state index contributed by atoms with van der Waals surface area (Å²) in [6, 6.07) is 26.2. The van der Waals surface area contributed by atoms with Gasteiger partial charge in [-0.2, -0.15) is 0 Å². The molecule has 0 amide bonds. The van der Waals surface area contributed by atoms with E-state index in [1.807, 2.05) is 60.8 Å². The second-order valence-corrected chi connectivity index (χ2v) is 7.09. The smallest absolute Gasteiger partial charge is 0.0899 e. The van der Waals surface area contributed by atoms with E-state index in [4.69, 9.17) is 0 Å². The first-order valence-corrected chi connectivity index (χ1v) is 9.08. The molecule has 1 aromatic heterocycles. The van der Waals surface area contributed by atoms with Gasteiger partial charge < -0.3 is 10.1 Å². The molecule has 3 aromatic carbocycles. The fraction of sp³-hybridized carbons (Fsp3) is 0.0909. The molecule has 0 aliphatic carbocycles. The van der Waals surface area contributed by atoms with Gasteiger partial charge in [0, 0.05) is 27.5 Å². The third-order valence-electron chi connectivity index (χ3n) is 4.63. The number of rotatable bonds is 4. The van der Waals surface area contributed by atoms with E-state index >= 15 is 0 Å². The van der Waals surface area contributed by atoms with Gasteiger partial charge in [0.05, 0.1) is 6.10 Å². The molecule has 4 rings (SSSR count). The highest BCUT2D eigenvalue weighted by Gasteiger charge is 2.26. The second kappa shape index (κ2) is 6.87. The van der Waals surface area contributed by atoms with E-state index in [0.717, 1.165) is 32.1 Å². The molecule has 1 heterocycles. The van der Waals surface area contributed by atoms with Crippen molar-refractivity contribution in [1.82, 2.24) is 4.98 Å². The number of aliphatic hydroxyl groups excluding tert-OH is 1. The van der Waals surface area contributed by atoms with Crippen LogP contribution < -0.4 is 0 Å². The quantitative estimate of drug-likeness (QED) is 0.453. The number of hydrogen-bond acceptors (Lipinski definition) is 1. The van der Waals surface area contributed by atoms with Crippen LogP contribution in [0.5, 0.6) is 0 Å². The van der Waals surface area contributed by atoms with Crippen LogP contribution >= 0.6 is 15.9 Å². The van der Waals surface area contributed by atoms with Crippen LogP contribution in [-0.2, 0) is 0 Å². The minimum absolute atomic E-state index is 0.147. The zero-order valence-corrected chi connectivity index (χ0v) is 15.1.